The fourth-order valence-electron chi connectivity index (χ4n) is 12.3. The van der Waals surface area contributed by atoms with Gasteiger partial charge < -0.3 is 33.8 Å². The standard InChI is InChI=1S/C80H156O17P2/c1-7-10-12-14-16-18-20-21-24-28-32-39-45-51-57-63-78(83)91-69-75(96-79(84)64-58-52-46-40-33-29-26-23-22-25-27-31-36-42-48-54-60-72(4)5)70-94-98(86,87)92-66-74(81)67-93-99(88,89)95-71-76(68-90-77(82)62-56-50-44-38-30-19-17-15-13-11-8-2)97-80(85)65-59-53-47-41-35-34-37-43-49-55-61-73(6)9-3/h72-76,81H,7-71H2,1-6H3,(H,86,87)(H,88,89)/t73?,74-,75-,76-/m1/s1. The largest absolute Gasteiger partial charge is 0.472 e. The van der Waals surface area contributed by atoms with Crippen LogP contribution in [0, 0.1) is 11.8 Å². The Morgan fingerprint density at radius 3 is 0.768 bits per heavy atom. The van der Waals surface area contributed by atoms with Gasteiger partial charge in [-0.3, -0.25) is 37.3 Å². The maximum atomic E-state index is 13.1. The lowest BCUT2D eigenvalue weighted by atomic mass is 9.99. The average molecular weight is 1450 g/mol. The van der Waals surface area contributed by atoms with Crippen LogP contribution in [0.5, 0.6) is 0 Å². The van der Waals surface area contributed by atoms with E-state index in [-0.39, 0.29) is 25.7 Å². The number of phosphoric acid groups is 2. The van der Waals surface area contributed by atoms with E-state index in [0.717, 1.165) is 102 Å². The van der Waals surface area contributed by atoms with Gasteiger partial charge in [-0.2, -0.15) is 0 Å². The van der Waals surface area contributed by atoms with E-state index in [4.69, 9.17) is 37.0 Å². The van der Waals surface area contributed by atoms with Gasteiger partial charge in [0, 0.05) is 25.7 Å². The van der Waals surface area contributed by atoms with Gasteiger partial charge in [0.05, 0.1) is 26.4 Å². The third-order valence-corrected chi connectivity index (χ3v) is 21.0. The number of esters is 4. The Labute approximate surface area is 607 Å². The van der Waals surface area contributed by atoms with Crippen molar-refractivity contribution >= 4 is 39.5 Å². The molecule has 0 aromatic carbocycles. The molecule has 3 N–H and O–H groups in total. The van der Waals surface area contributed by atoms with Crippen LogP contribution in [-0.4, -0.2) is 96.7 Å². The SMILES string of the molecule is CCCCCCCCCCCCCCCCCC(=O)OC[C@H](COP(=O)(O)OC[C@@H](O)COP(=O)(O)OC[C@@H](COC(=O)CCCCCCCCCCCCC)OC(=O)CCCCCCCCCCCCC(C)CC)OC(=O)CCCCCCCCCCCCCCCCCCC(C)C. The van der Waals surface area contributed by atoms with Crippen LogP contribution in [0.4, 0.5) is 0 Å². The molecule has 0 aromatic heterocycles. The molecule has 0 saturated heterocycles. The number of aliphatic hydroxyl groups is 1. The molecule has 3 unspecified atom stereocenters. The molecule has 0 saturated carbocycles. The molecule has 0 aliphatic heterocycles. The summed E-state index contributed by atoms with van der Waals surface area (Å²) in [6.07, 6.45) is 60.8. The Morgan fingerprint density at radius 2 is 0.515 bits per heavy atom. The number of rotatable bonds is 79. The van der Waals surface area contributed by atoms with Crippen LogP contribution < -0.4 is 0 Å². The Hall–Kier alpha value is -1.94. The molecular formula is C80H156O17P2. The van der Waals surface area contributed by atoms with Gasteiger partial charge in [0.25, 0.3) is 0 Å². The van der Waals surface area contributed by atoms with Crippen molar-refractivity contribution < 1.29 is 80.2 Å². The third-order valence-electron chi connectivity index (χ3n) is 19.1. The summed E-state index contributed by atoms with van der Waals surface area (Å²) in [5, 5.41) is 10.6. The molecule has 0 aromatic rings. The van der Waals surface area contributed by atoms with Crippen LogP contribution in [-0.2, 0) is 65.4 Å². The molecule has 0 aliphatic rings. The van der Waals surface area contributed by atoms with Crippen molar-refractivity contribution in [2.75, 3.05) is 39.6 Å². The number of hydrogen-bond donors (Lipinski definition) is 3. The van der Waals surface area contributed by atoms with Crippen LogP contribution in [0.1, 0.15) is 420 Å². The van der Waals surface area contributed by atoms with Gasteiger partial charge in [0.15, 0.2) is 12.2 Å². The highest BCUT2D eigenvalue weighted by molar-refractivity contribution is 7.47. The lowest BCUT2D eigenvalue weighted by Gasteiger charge is -2.21. The normalized spacial score (nSPS) is 14.2. The molecule has 0 amide bonds. The van der Waals surface area contributed by atoms with Gasteiger partial charge in [-0.05, 0) is 37.5 Å². The lowest BCUT2D eigenvalue weighted by Crippen LogP contribution is -2.30. The number of ether oxygens (including phenoxy) is 4. The van der Waals surface area contributed by atoms with Crippen LogP contribution in [0.3, 0.4) is 0 Å². The van der Waals surface area contributed by atoms with E-state index >= 15 is 0 Å². The van der Waals surface area contributed by atoms with E-state index in [9.17, 15) is 43.2 Å². The van der Waals surface area contributed by atoms with E-state index < -0.39 is 97.5 Å². The highest BCUT2D eigenvalue weighted by atomic mass is 31.2. The monoisotopic (exact) mass is 1450 g/mol. The molecule has 0 radical (unpaired) electrons. The van der Waals surface area contributed by atoms with Crippen molar-refractivity contribution in [3.05, 3.63) is 0 Å². The predicted molar refractivity (Wildman–Crippen MR) is 405 cm³/mol. The molecule has 19 heteroatoms. The number of carbonyl (C=O) groups excluding carboxylic acids is 4. The fraction of sp³-hybridized carbons (Fsp3) is 0.950. The molecule has 0 fully saturated rings. The first-order valence-electron chi connectivity index (χ1n) is 41.5. The molecule has 17 nitrogen and oxygen atoms in total. The maximum absolute atomic E-state index is 13.1. The van der Waals surface area contributed by atoms with Gasteiger partial charge >= 0.3 is 39.5 Å². The zero-order valence-corrected chi connectivity index (χ0v) is 66.6. The maximum Gasteiger partial charge on any atom is 0.472 e. The van der Waals surface area contributed by atoms with Crippen LogP contribution in [0.15, 0.2) is 0 Å². The van der Waals surface area contributed by atoms with Gasteiger partial charge in [0.2, 0.25) is 0 Å². The van der Waals surface area contributed by atoms with Crippen molar-refractivity contribution in [3.63, 3.8) is 0 Å². The minimum absolute atomic E-state index is 0.107. The minimum Gasteiger partial charge on any atom is -0.462 e. The fourth-order valence-corrected chi connectivity index (χ4v) is 13.9. The topological polar surface area (TPSA) is 237 Å². The quantitative estimate of drug-likeness (QED) is 0.0222. The summed E-state index contributed by atoms with van der Waals surface area (Å²) in [4.78, 5) is 73.0. The van der Waals surface area contributed by atoms with E-state index in [1.807, 2.05) is 0 Å². The van der Waals surface area contributed by atoms with Crippen molar-refractivity contribution in [1.82, 2.24) is 0 Å². The van der Waals surface area contributed by atoms with Crippen LogP contribution >= 0.6 is 15.6 Å². The van der Waals surface area contributed by atoms with Crippen molar-refractivity contribution in [2.45, 2.75) is 439 Å². The Bertz CT molecular complexity index is 1910. The first kappa shape index (κ1) is 97.1. The molecule has 588 valence electrons. The third kappa shape index (κ3) is 72.8. The van der Waals surface area contributed by atoms with Crippen LogP contribution in [0.25, 0.3) is 0 Å². The van der Waals surface area contributed by atoms with Gasteiger partial charge in [0.1, 0.15) is 19.3 Å². The lowest BCUT2D eigenvalue weighted by molar-refractivity contribution is -0.161. The highest BCUT2D eigenvalue weighted by Gasteiger charge is 2.30. The second kappa shape index (κ2) is 71.7. The van der Waals surface area contributed by atoms with Crippen molar-refractivity contribution in [3.8, 4) is 0 Å². The number of carbonyl (C=O) groups is 4. The summed E-state index contributed by atoms with van der Waals surface area (Å²) in [7, 11) is -9.92. The molecule has 0 aliphatic carbocycles. The predicted octanol–water partition coefficient (Wildman–Crippen LogP) is 23.9. The van der Waals surface area contributed by atoms with Gasteiger partial charge in [-0.25, -0.2) is 9.13 Å². The first-order valence-corrected chi connectivity index (χ1v) is 44.5. The van der Waals surface area contributed by atoms with E-state index in [2.05, 4.69) is 41.5 Å². The molecule has 6 atom stereocenters. The molecule has 0 heterocycles. The number of hydrogen-bond acceptors (Lipinski definition) is 15. The number of unbranched alkanes of at least 4 members (excludes halogenated alkanes) is 48. The van der Waals surface area contributed by atoms with Gasteiger partial charge in [-0.1, -0.05) is 369 Å². The smallest absolute Gasteiger partial charge is 0.462 e. The highest BCUT2D eigenvalue weighted by Crippen LogP contribution is 2.45. The second-order valence-electron chi connectivity index (χ2n) is 29.5. The van der Waals surface area contributed by atoms with E-state index in [1.165, 1.54) is 238 Å². The molecule has 99 heavy (non-hydrogen) atoms. The Balaban J connectivity index is 5.25. The zero-order chi connectivity index (χ0) is 72.8. The van der Waals surface area contributed by atoms with Crippen molar-refractivity contribution in [2.24, 2.45) is 11.8 Å². The van der Waals surface area contributed by atoms with Crippen molar-refractivity contribution in [1.29, 1.82) is 0 Å². The zero-order valence-electron chi connectivity index (χ0n) is 64.8. The van der Waals surface area contributed by atoms with E-state index in [0.29, 0.717) is 25.7 Å². The summed E-state index contributed by atoms with van der Waals surface area (Å²) in [6, 6.07) is 0. The molecule has 0 spiro atoms. The number of phosphoric ester groups is 2. The molecular weight excluding hydrogens is 1290 g/mol. The van der Waals surface area contributed by atoms with E-state index in [1.54, 1.807) is 0 Å². The average Bonchev–Trinajstić information content (AvgIpc) is 1.72. The first-order chi connectivity index (χ1) is 47.9. The summed E-state index contributed by atoms with van der Waals surface area (Å²) in [5.41, 5.74) is 0. The Morgan fingerprint density at radius 1 is 0.293 bits per heavy atom. The Kier molecular flexibility index (Phi) is 70.3. The second-order valence-corrected chi connectivity index (χ2v) is 32.4. The van der Waals surface area contributed by atoms with Gasteiger partial charge in [-0.15, -0.1) is 0 Å². The van der Waals surface area contributed by atoms with Crippen LogP contribution in [0.2, 0.25) is 0 Å². The molecule has 0 rings (SSSR count). The minimum atomic E-state index is -4.96. The summed E-state index contributed by atoms with van der Waals surface area (Å²) < 4.78 is 68.7. The summed E-state index contributed by atoms with van der Waals surface area (Å²) in [6.45, 7) is 9.68. The number of aliphatic hydroxyl groups excluding tert-OH is 1. The summed E-state index contributed by atoms with van der Waals surface area (Å²) >= 11 is 0. The summed E-state index contributed by atoms with van der Waals surface area (Å²) in [5.74, 6) is -0.496. The molecule has 0 bridgehead atoms.